The number of fused-ring (bicyclic) bond motifs is 1. The molecule has 0 aliphatic carbocycles. The van der Waals surface area contributed by atoms with E-state index in [1.807, 2.05) is 31.2 Å². The lowest BCUT2D eigenvalue weighted by molar-refractivity contribution is 0.0821. The van der Waals surface area contributed by atoms with Gasteiger partial charge in [-0.1, -0.05) is 6.07 Å². The van der Waals surface area contributed by atoms with E-state index in [-0.39, 0.29) is 5.91 Å². The Labute approximate surface area is 140 Å². The smallest absolute Gasteiger partial charge is 0.273 e. The molecule has 0 spiro atoms. The van der Waals surface area contributed by atoms with E-state index < -0.39 is 0 Å². The fraction of sp³-hybridized carbons (Fsp3) is 0.222. The van der Waals surface area contributed by atoms with Gasteiger partial charge in [0, 0.05) is 30.7 Å². The molecule has 0 unspecified atom stereocenters. The Morgan fingerprint density at radius 3 is 2.58 bits per heavy atom. The highest BCUT2D eigenvalue weighted by molar-refractivity contribution is 5.98. The Hall–Kier alpha value is -3.02. The maximum atomic E-state index is 12.1. The predicted molar refractivity (Wildman–Crippen MR) is 92.1 cm³/mol. The van der Waals surface area contributed by atoms with Gasteiger partial charge in [-0.05, 0) is 25.1 Å². The van der Waals surface area contributed by atoms with Crippen molar-refractivity contribution in [3.63, 3.8) is 0 Å². The van der Waals surface area contributed by atoms with Crippen LogP contribution in [0.15, 0.2) is 36.7 Å². The van der Waals surface area contributed by atoms with Crippen LogP contribution >= 0.6 is 0 Å². The highest BCUT2D eigenvalue weighted by Crippen LogP contribution is 2.32. The summed E-state index contributed by atoms with van der Waals surface area (Å²) in [4.78, 5) is 26.8. The van der Waals surface area contributed by atoms with Gasteiger partial charge in [0.2, 0.25) is 0 Å². The Morgan fingerprint density at radius 2 is 1.88 bits per heavy atom. The molecule has 0 saturated carbocycles. The normalized spacial score (nSPS) is 10.7. The average Bonchev–Trinajstić information content (AvgIpc) is 2.60. The third kappa shape index (κ3) is 2.78. The number of aromatic nitrogens is 3. The summed E-state index contributed by atoms with van der Waals surface area (Å²) in [5.74, 6) is 0.516. The van der Waals surface area contributed by atoms with Gasteiger partial charge in [0.25, 0.3) is 5.91 Å². The molecule has 0 bridgehead atoms. The summed E-state index contributed by atoms with van der Waals surface area (Å²) >= 11 is 0. The quantitative estimate of drug-likeness (QED) is 0.741. The van der Waals surface area contributed by atoms with Crippen LogP contribution in [0.2, 0.25) is 0 Å². The second-order valence-electron chi connectivity index (χ2n) is 5.65. The number of carbonyl (C=O) groups is 1. The number of nitrogens with zero attached hydrogens (tertiary/aromatic N) is 4. The molecule has 0 fully saturated rings. The van der Waals surface area contributed by atoms with E-state index in [0.29, 0.717) is 17.1 Å². The summed E-state index contributed by atoms with van der Waals surface area (Å²) in [6, 6.07) is 7.68. The molecule has 2 aromatic heterocycles. The van der Waals surface area contributed by atoms with Crippen molar-refractivity contribution in [2.24, 2.45) is 0 Å². The molecule has 2 heterocycles. The molecule has 6 nitrogen and oxygen atoms in total. The second-order valence-corrected chi connectivity index (χ2v) is 5.65. The standard InChI is InChI=1S/C18H18N4O2/c1-11-5-6-13-12(7-8-16(24-4)17(13)20-11)14-9-19-10-15(21-14)18(23)22(2)3/h5-10H,1-4H3. The number of rotatable bonds is 3. The molecule has 0 radical (unpaired) electrons. The molecule has 6 heteroatoms. The molecule has 3 aromatic rings. The van der Waals surface area contributed by atoms with Crippen LogP contribution in [-0.4, -0.2) is 47.0 Å². The number of amides is 1. The lowest BCUT2D eigenvalue weighted by Gasteiger charge is -2.12. The van der Waals surface area contributed by atoms with Crippen LogP contribution in [0.1, 0.15) is 16.2 Å². The number of benzene rings is 1. The molecule has 0 N–H and O–H groups in total. The maximum absolute atomic E-state index is 12.1. The zero-order valence-electron chi connectivity index (χ0n) is 14.1. The molecule has 122 valence electrons. The van der Waals surface area contributed by atoms with Crippen molar-refractivity contribution in [1.82, 2.24) is 19.9 Å². The molecule has 0 aliphatic heterocycles. The van der Waals surface area contributed by atoms with Crippen LogP contribution in [0.5, 0.6) is 5.75 Å². The highest BCUT2D eigenvalue weighted by Gasteiger charge is 2.15. The van der Waals surface area contributed by atoms with Crippen molar-refractivity contribution < 1.29 is 9.53 Å². The van der Waals surface area contributed by atoms with E-state index in [9.17, 15) is 4.79 Å². The number of ether oxygens (including phenoxy) is 1. The van der Waals surface area contributed by atoms with Crippen LogP contribution in [-0.2, 0) is 0 Å². The Bertz CT molecular complexity index is 922. The minimum Gasteiger partial charge on any atom is -0.494 e. The number of aryl methyl sites for hydroxylation is 1. The number of hydrogen-bond donors (Lipinski definition) is 0. The van der Waals surface area contributed by atoms with Crippen LogP contribution in [0.25, 0.3) is 22.2 Å². The molecule has 3 rings (SSSR count). The van der Waals surface area contributed by atoms with Crippen molar-refractivity contribution in [3.05, 3.63) is 48.0 Å². The molecule has 0 saturated heterocycles. The van der Waals surface area contributed by atoms with Crippen LogP contribution < -0.4 is 4.74 Å². The fourth-order valence-corrected chi connectivity index (χ4v) is 2.51. The monoisotopic (exact) mass is 322 g/mol. The van der Waals surface area contributed by atoms with Crippen LogP contribution in [0.3, 0.4) is 0 Å². The first kappa shape index (κ1) is 15.9. The summed E-state index contributed by atoms with van der Waals surface area (Å²) < 4.78 is 5.41. The van der Waals surface area contributed by atoms with Gasteiger partial charge in [-0.3, -0.25) is 9.78 Å². The lowest BCUT2D eigenvalue weighted by Crippen LogP contribution is -2.23. The van der Waals surface area contributed by atoms with Gasteiger partial charge >= 0.3 is 0 Å². The minimum absolute atomic E-state index is 0.184. The first-order chi connectivity index (χ1) is 11.5. The molecule has 1 amide bonds. The summed E-state index contributed by atoms with van der Waals surface area (Å²) in [6.45, 7) is 1.93. The molecule has 0 atom stereocenters. The van der Waals surface area contributed by atoms with Gasteiger partial charge in [0.15, 0.2) is 0 Å². The van der Waals surface area contributed by atoms with E-state index in [4.69, 9.17) is 4.74 Å². The van der Waals surface area contributed by atoms with Gasteiger partial charge in [-0.25, -0.2) is 9.97 Å². The third-order valence-electron chi connectivity index (χ3n) is 3.72. The lowest BCUT2D eigenvalue weighted by atomic mass is 10.0. The third-order valence-corrected chi connectivity index (χ3v) is 3.72. The number of carbonyl (C=O) groups excluding carboxylic acids is 1. The van der Waals surface area contributed by atoms with Crippen LogP contribution in [0.4, 0.5) is 0 Å². The van der Waals surface area contributed by atoms with Crippen LogP contribution in [0, 0.1) is 6.92 Å². The fourth-order valence-electron chi connectivity index (χ4n) is 2.51. The zero-order chi connectivity index (χ0) is 17.3. The minimum atomic E-state index is -0.184. The molecular weight excluding hydrogens is 304 g/mol. The topological polar surface area (TPSA) is 68.2 Å². The largest absolute Gasteiger partial charge is 0.494 e. The summed E-state index contributed by atoms with van der Waals surface area (Å²) in [5.41, 5.74) is 3.46. The van der Waals surface area contributed by atoms with Gasteiger partial charge in [-0.2, -0.15) is 0 Å². The Kier molecular flexibility index (Phi) is 4.12. The van der Waals surface area contributed by atoms with E-state index in [1.54, 1.807) is 27.4 Å². The second kappa shape index (κ2) is 6.23. The molecular formula is C18H18N4O2. The van der Waals surface area contributed by atoms with E-state index in [2.05, 4.69) is 15.0 Å². The predicted octanol–water partition coefficient (Wildman–Crippen LogP) is 2.71. The average molecular weight is 322 g/mol. The first-order valence-corrected chi connectivity index (χ1v) is 7.49. The maximum Gasteiger partial charge on any atom is 0.273 e. The van der Waals surface area contributed by atoms with E-state index >= 15 is 0 Å². The van der Waals surface area contributed by atoms with E-state index in [1.165, 1.54) is 11.1 Å². The Balaban J connectivity index is 2.20. The molecule has 24 heavy (non-hydrogen) atoms. The van der Waals surface area contributed by atoms with Gasteiger partial charge in [0.1, 0.15) is 17.0 Å². The summed E-state index contributed by atoms with van der Waals surface area (Å²) in [6.07, 6.45) is 3.12. The van der Waals surface area contributed by atoms with Crippen molar-refractivity contribution in [2.75, 3.05) is 21.2 Å². The van der Waals surface area contributed by atoms with Crippen molar-refractivity contribution >= 4 is 16.8 Å². The summed E-state index contributed by atoms with van der Waals surface area (Å²) in [7, 11) is 4.99. The summed E-state index contributed by atoms with van der Waals surface area (Å²) in [5, 5.41) is 0.906. The highest BCUT2D eigenvalue weighted by atomic mass is 16.5. The molecule has 0 aliphatic rings. The number of hydrogen-bond acceptors (Lipinski definition) is 5. The molecule has 1 aromatic carbocycles. The van der Waals surface area contributed by atoms with Crippen molar-refractivity contribution in [1.29, 1.82) is 0 Å². The van der Waals surface area contributed by atoms with Gasteiger partial charge in [0.05, 0.1) is 25.2 Å². The van der Waals surface area contributed by atoms with Gasteiger partial charge in [-0.15, -0.1) is 0 Å². The zero-order valence-corrected chi connectivity index (χ0v) is 14.1. The van der Waals surface area contributed by atoms with Crippen molar-refractivity contribution in [2.45, 2.75) is 6.92 Å². The van der Waals surface area contributed by atoms with Gasteiger partial charge < -0.3 is 9.64 Å². The number of methoxy groups -OCH3 is 1. The SMILES string of the molecule is COc1ccc(-c2cncc(C(=O)N(C)C)n2)c2ccc(C)nc12. The van der Waals surface area contributed by atoms with E-state index in [0.717, 1.165) is 22.2 Å². The Morgan fingerprint density at radius 1 is 1.08 bits per heavy atom. The first-order valence-electron chi connectivity index (χ1n) is 7.49. The number of pyridine rings is 1. The van der Waals surface area contributed by atoms with Crippen molar-refractivity contribution in [3.8, 4) is 17.0 Å².